The first kappa shape index (κ1) is 22.3. The van der Waals surface area contributed by atoms with E-state index in [9.17, 15) is 38.2 Å². The minimum absolute atomic E-state index is 0.0125. The van der Waals surface area contributed by atoms with Gasteiger partial charge in [0.2, 0.25) is 0 Å². The zero-order chi connectivity index (χ0) is 22.9. The maximum Gasteiger partial charge on any atom is 0.416 e. The Kier molecular flexibility index (Phi) is 6.02. The first-order valence-electron chi connectivity index (χ1n) is 8.83. The maximum atomic E-state index is 12.9. The molecule has 2 aromatic carbocycles. The molecule has 1 fully saturated rings. The molecule has 0 aliphatic carbocycles. The first-order chi connectivity index (χ1) is 14.5. The van der Waals surface area contributed by atoms with Crippen molar-refractivity contribution in [3.63, 3.8) is 0 Å². The summed E-state index contributed by atoms with van der Waals surface area (Å²) in [6.45, 7) is 0.418. The highest BCUT2D eigenvalue weighted by Crippen LogP contribution is 2.37. The molecule has 13 heteroatoms. The molecule has 0 unspecified atom stereocenters. The van der Waals surface area contributed by atoms with Gasteiger partial charge in [0, 0.05) is 44.4 Å². The Balaban J connectivity index is 1.78. The highest BCUT2D eigenvalue weighted by molar-refractivity contribution is 6.33. The molecule has 0 aromatic heterocycles. The molecule has 0 saturated carbocycles. The van der Waals surface area contributed by atoms with Crippen molar-refractivity contribution < 1.29 is 27.8 Å². The smallest absolute Gasteiger partial charge is 0.362 e. The zero-order valence-electron chi connectivity index (χ0n) is 15.6. The van der Waals surface area contributed by atoms with Gasteiger partial charge in [-0.2, -0.15) is 13.2 Å². The molecule has 0 spiro atoms. The topological polar surface area (TPSA) is 110 Å². The fourth-order valence-corrected chi connectivity index (χ4v) is 3.42. The van der Waals surface area contributed by atoms with E-state index in [4.69, 9.17) is 11.6 Å². The Bertz CT molecular complexity index is 1050. The summed E-state index contributed by atoms with van der Waals surface area (Å²) >= 11 is 6.00. The van der Waals surface area contributed by atoms with Crippen molar-refractivity contribution in [3.8, 4) is 0 Å². The summed E-state index contributed by atoms with van der Waals surface area (Å²) in [6.07, 6.45) is -4.72. The third kappa shape index (κ3) is 4.68. The lowest BCUT2D eigenvalue weighted by Gasteiger charge is -2.36. The Morgan fingerprint density at radius 1 is 0.968 bits per heavy atom. The molecule has 0 N–H and O–H groups in total. The van der Waals surface area contributed by atoms with Crippen molar-refractivity contribution in [1.82, 2.24) is 4.90 Å². The number of non-ortho nitro benzene ring substituents is 1. The van der Waals surface area contributed by atoms with Gasteiger partial charge in [0.1, 0.15) is 5.69 Å². The van der Waals surface area contributed by atoms with Gasteiger partial charge in [-0.25, -0.2) is 0 Å². The van der Waals surface area contributed by atoms with Crippen molar-refractivity contribution >= 4 is 34.6 Å². The number of benzene rings is 2. The number of piperazine rings is 1. The largest absolute Gasteiger partial charge is 0.416 e. The monoisotopic (exact) mass is 458 g/mol. The highest BCUT2D eigenvalue weighted by Gasteiger charge is 2.34. The minimum Gasteiger partial charge on any atom is -0.362 e. The summed E-state index contributed by atoms with van der Waals surface area (Å²) in [5, 5.41) is 22.3. The van der Waals surface area contributed by atoms with Crippen LogP contribution in [-0.2, 0) is 6.18 Å². The molecule has 1 amide bonds. The second kappa shape index (κ2) is 8.38. The molecule has 2 aromatic rings. The molecule has 1 heterocycles. The Morgan fingerprint density at radius 2 is 1.61 bits per heavy atom. The number of alkyl halides is 3. The molecule has 0 radical (unpaired) electrons. The molecule has 0 atom stereocenters. The van der Waals surface area contributed by atoms with Gasteiger partial charge in [0.25, 0.3) is 17.3 Å². The van der Waals surface area contributed by atoms with E-state index in [0.29, 0.717) is 6.07 Å². The van der Waals surface area contributed by atoms with E-state index in [0.717, 1.165) is 18.2 Å². The third-order valence-corrected chi connectivity index (χ3v) is 5.13. The number of rotatable bonds is 4. The molecule has 1 aliphatic rings. The van der Waals surface area contributed by atoms with Gasteiger partial charge in [0.15, 0.2) is 0 Å². The summed E-state index contributed by atoms with van der Waals surface area (Å²) < 4.78 is 38.7. The van der Waals surface area contributed by atoms with Crippen LogP contribution in [0.1, 0.15) is 15.9 Å². The summed E-state index contributed by atoms with van der Waals surface area (Å²) in [5.74, 6) is -0.546. The fourth-order valence-electron chi connectivity index (χ4n) is 3.22. The average molecular weight is 459 g/mol. The first-order valence-corrected chi connectivity index (χ1v) is 9.20. The van der Waals surface area contributed by atoms with Crippen LogP contribution in [0.5, 0.6) is 0 Å². The van der Waals surface area contributed by atoms with E-state index >= 15 is 0 Å². The maximum absolute atomic E-state index is 12.9. The Hall–Kier alpha value is -3.41. The average Bonchev–Trinajstić information content (AvgIpc) is 2.72. The van der Waals surface area contributed by atoms with Gasteiger partial charge in [-0.3, -0.25) is 25.0 Å². The second-order valence-corrected chi connectivity index (χ2v) is 7.07. The number of nitro groups is 2. The van der Waals surface area contributed by atoms with Crippen LogP contribution in [0.2, 0.25) is 5.02 Å². The van der Waals surface area contributed by atoms with Crippen molar-refractivity contribution in [2.24, 2.45) is 0 Å². The Labute approximate surface area is 177 Å². The number of carbonyl (C=O) groups is 1. The molecule has 0 bridgehead atoms. The number of nitrogens with zero attached hydrogens (tertiary/aromatic N) is 4. The highest BCUT2D eigenvalue weighted by atomic mass is 35.5. The van der Waals surface area contributed by atoms with Gasteiger partial charge in [-0.1, -0.05) is 11.6 Å². The number of amides is 1. The van der Waals surface area contributed by atoms with Crippen LogP contribution in [0.4, 0.5) is 30.2 Å². The number of carbonyl (C=O) groups excluding carboxylic acids is 1. The van der Waals surface area contributed by atoms with E-state index in [1.807, 2.05) is 0 Å². The predicted molar refractivity (Wildman–Crippen MR) is 104 cm³/mol. The van der Waals surface area contributed by atoms with Gasteiger partial charge >= 0.3 is 6.18 Å². The van der Waals surface area contributed by atoms with E-state index in [1.165, 1.54) is 21.9 Å². The van der Waals surface area contributed by atoms with Crippen molar-refractivity contribution in [3.05, 3.63) is 72.8 Å². The van der Waals surface area contributed by atoms with Crippen LogP contribution in [-0.4, -0.2) is 46.8 Å². The second-order valence-electron chi connectivity index (χ2n) is 6.66. The third-order valence-electron chi connectivity index (χ3n) is 4.80. The predicted octanol–water partition coefficient (Wildman–Crippen LogP) is 4.14. The summed E-state index contributed by atoms with van der Waals surface area (Å²) in [7, 11) is 0. The summed E-state index contributed by atoms with van der Waals surface area (Å²) in [4.78, 5) is 36.3. The van der Waals surface area contributed by atoms with E-state index in [-0.39, 0.29) is 48.1 Å². The van der Waals surface area contributed by atoms with Gasteiger partial charge < -0.3 is 9.80 Å². The number of halogens is 4. The summed E-state index contributed by atoms with van der Waals surface area (Å²) in [6, 6.07) is 5.77. The van der Waals surface area contributed by atoms with E-state index in [1.54, 1.807) is 0 Å². The standard InChI is InChI=1S/C18H14ClF3N4O5/c19-14-3-2-12(25(28)29)10-13(14)17(27)24-7-5-23(6-8-24)15-4-1-11(18(20,21)22)9-16(15)26(30)31/h1-4,9-10H,5-8H2. The van der Waals surface area contributed by atoms with Crippen LogP contribution in [0.15, 0.2) is 36.4 Å². The number of nitro benzene ring substituents is 2. The van der Waals surface area contributed by atoms with Crippen molar-refractivity contribution in [2.75, 3.05) is 31.1 Å². The van der Waals surface area contributed by atoms with Crippen LogP contribution in [0.3, 0.4) is 0 Å². The van der Waals surface area contributed by atoms with Gasteiger partial charge in [0.05, 0.1) is 26.0 Å². The van der Waals surface area contributed by atoms with E-state index < -0.39 is 33.2 Å². The molecule has 164 valence electrons. The number of anilines is 1. The molecular weight excluding hydrogens is 445 g/mol. The minimum atomic E-state index is -4.72. The fraction of sp³-hybridized carbons (Fsp3) is 0.278. The van der Waals surface area contributed by atoms with E-state index in [2.05, 4.69) is 0 Å². The molecular formula is C18H14ClF3N4O5. The lowest BCUT2D eigenvalue weighted by molar-refractivity contribution is -0.384. The molecule has 1 saturated heterocycles. The van der Waals surface area contributed by atoms with Crippen molar-refractivity contribution in [2.45, 2.75) is 6.18 Å². The number of hydrogen-bond acceptors (Lipinski definition) is 6. The van der Waals surface area contributed by atoms with Crippen LogP contribution in [0.25, 0.3) is 0 Å². The van der Waals surface area contributed by atoms with Crippen LogP contribution < -0.4 is 4.90 Å². The molecule has 9 nitrogen and oxygen atoms in total. The quantitative estimate of drug-likeness (QED) is 0.503. The SMILES string of the molecule is O=C(c1cc([N+](=O)[O-])ccc1Cl)N1CCN(c2ccc(C(F)(F)F)cc2[N+](=O)[O-])CC1. The molecule has 3 rings (SSSR count). The normalized spacial score (nSPS) is 14.5. The van der Waals surface area contributed by atoms with Gasteiger partial charge in [-0.15, -0.1) is 0 Å². The van der Waals surface area contributed by atoms with Crippen LogP contribution >= 0.6 is 11.6 Å². The molecule has 1 aliphatic heterocycles. The zero-order valence-corrected chi connectivity index (χ0v) is 16.4. The van der Waals surface area contributed by atoms with Crippen molar-refractivity contribution in [1.29, 1.82) is 0 Å². The van der Waals surface area contributed by atoms with Crippen LogP contribution in [0, 0.1) is 20.2 Å². The Morgan fingerprint density at radius 3 is 2.16 bits per heavy atom. The number of hydrogen-bond donors (Lipinski definition) is 0. The molecule has 31 heavy (non-hydrogen) atoms. The summed E-state index contributed by atoms with van der Waals surface area (Å²) in [5.41, 5.74) is -2.15. The lowest BCUT2D eigenvalue weighted by atomic mass is 10.1. The van der Waals surface area contributed by atoms with Gasteiger partial charge in [-0.05, 0) is 18.2 Å². The lowest BCUT2D eigenvalue weighted by Crippen LogP contribution is -2.49.